The van der Waals surface area contributed by atoms with Gasteiger partial charge in [0.05, 0.1) is 7.11 Å². The molecule has 6 heteroatoms. The Kier molecular flexibility index (Phi) is 4.82. The van der Waals surface area contributed by atoms with Crippen LogP contribution in [0.5, 0.6) is 5.75 Å². The third kappa shape index (κ3) is 3.41. The summed E-state index contributed by atoms with van der Waals surface area (Å²) in [5.41, 5.74) is 1.42. The molecular formula is C18H16ClN3O2. The van der Waals surface area contributed by atoms with Gasteiger partial charge in [-0.15, -0.1) is 0 Å². The molecule has 0 aliphatic heterocycles. The molecule has 0 spiro atoms. The van der Waals surface area contributed by atoms with E-state index >= 15 is 0 Å². The predicted octanol–water partition coefficient (Wildman–Crippen LogP) is 3.51. The maximum atomic E-state index is 12.6. The van der Waals surface area contributed by atoms with Gasteiger partial charge in [0.25, 0.3) is 5.56 Å². The number of nitrogens with one attached hydrogen (secondary N) is 1. The fraction of sp³-hybridized carbons (Fsp3) is 0.111. The average molecular weight is 342 g/mol. The van der Waals surface area contributed by atoms with Gasteiger partial charge in [0, 0.05) is 29.6 Å². The van der Waals surface area contributed by atoms with Crippen molar-refractivity contribution in [2.75, 3.05) is 12.4 Å². The molecule has 0 atom stereocenters. The first-order valence-electron chi connectivity index (χ1n) is 7.38. The molecule has 5 nitrogen and oxygen atoms in total. The van der Waals surface area contributed by atoms with Crippen molar-refractivity contribution in [3.8, 4) is 11.4 Å². The van der Waals surface area contributed by atoms with E-state index in [0.29, 0.717) is 11.6 Å². The van der Waals surface area contributed by atoms with E-state index in [1.54, 1.807) is 31.6 Å². The molecule has 122 valence electrons. The van der Waals surface area contributed by atoms with Gasteiger partial charge in [0.1, 0.15) is 5.75 Å². The Balaban J connectivity index is 1.85. The maximum Gasteiger partial charge on any atom is 0.297 e. The summed E-state index contributed by atoms with van der Waals surface area (Å²) in [6.07, 6.45) is 3.21. The lowest BCUT2D eigenvalue weighted by Crippen LogP contribution is -2.23. The largest absolute Gasteiger partial charge is 0.497 e. The third-order valence-electron chi connectivity index (χ3n) is 3.60. The molecule has 1 N–H and O–H groups in total. The van der Waals surface area contributed by atoms with E-state index in [-0.39, 0.29) is 11.4 Å². The summed E-state index contributed by atoms with van der Waals surface area (Å²) < 4.78 is 6.66. The number of rotatable bonds is 5. The first-order valence-corrected chi connectivity index (χ1v) is 7.76. The summed E-state index contributed by atoms with van der Waals surface area (Å²) in [5, 5.41) is 3.70. The minimum Gasteiger partial charge on any atom is -0.497 e. The molecule has 0 radical (unpaired) electrons. The van der Waals surface area contributed by atoms with Crippen LogP contribution in [0.15, 0.2) is 65.7 Å². The molecule has 2 aromatic carbocycles. The molecule has 3 aromatic rings. The van der Waals surface area contributed by atoms with Crippen LogP contribution in [0.3, 0.4) is 0 Å². The molecule has 0 saturated heterocycles. The number of hydrogen-bond acceptors (Lipinski definition) is 4. The quantitative estimate of drug-likeness (QED) is 0.771. The van der Waals surface area contributed by atoms with E-state index in [1.807, 2.05) is 36.4 Å². The molecule has 0 saturated carbocycles. The molecule has 3 rings (SSSR count). The summed E-state index contributed by atoms with van der Waals surface area (Å²) in [7, 11) is 1.60. The highest BCUT2D eigenvalue weighted by Crippen LogP contribution is 2.16. The number of methoxy groups -OCH3 is 1. The first kappa shape index (κ1) is 16.1. The Morgan fingerprint density at radius 3 is 2.62 bits per heavy atom. The van der Waals surface area contributed by atoms with Gasteiger partial charge in [-0.25, -0.2) is 4.98 Å². The van der Waals surface area contributed by atoms with E-state index < -0.39 is 0 Å². The van der Waals surface area contributed by atoms with E-state index in [9.17, 15) is 4.79 Å². The van der Waals surface area contributed by atoms with Crippen molar-refractivity contribution in [1.29, 1.82) is 0 Å². The van der Waals surface area contributed by atoms with Crippen molar-refractivity contribution in [3.05, 3.63) is 81.9 Å². The molecular weight excluding hydrogens is 326 g/mol. The lowest BCUT2D eigenvalue weighted by atomic mass is 10.2. The minimum atomic E-state index is -0.227. The third-order valence-corrected chi connectivity index (χ3v) is 3.96. The predicted molar refractivity (Wildman–Crippen MR) is 95.2 cm³/mol. The topological polar surface area (TPSA) is 56.1 Å². The molecule has 0 bridgehead atoms. The molecule has 1 aromatic heterocycles. The van der Waals surface area contributed by atoms with E-state index in [1.165, 1.54) is 4.57 Å². The van der Waals surface area contributed by atoms with Crippen LogP contribution in [0.25, 0.3) is 5.69 Å². The normalized spacial score (nSPS) is 10.4. The fourth-order valence-corrected chi connectivity index (χ4v) is 2.50. The van der Waals surface area contributed by atoms with Crippen molar-refractivity contribution >= 4 is 17.4 Å². The first-order chi connectivity index (χ1) is 11.7. The standard InChI is InChI=1S/C18H16ClN3O2/c1-24-15-8-6-14(7-9-15)22-11-10-20-17(18(22)23)21-12-13-4-2-3-5-16(13)19/h2-11H,12H2,1H3,(H,20,21). The maximum absolute atomic E-state index is 12.6. The zero-order valence-corrected chi connectivity index (χ0v) is 13.8. The lowest BCUT2D eigenvalue weighted by Gasteiger charge is -2.10. The van der Waals surface area contributed by atoms with Crippen LogP contribution in [0.1, 0.15) is 5.56 Å². The van der Waals surface area contributed by atoms with Crippen LogP contribution in [-0.2, 0) is 6.54 Å². The molecule has 0 amide bonds. The fourth-order valence-electron chi connectivity index (χ4n) is 2.30. The Labute approximate surface area is 144 Å². The van der Waals surface area contributed by atoms with Crippen LogP contribution in [0, 0.1) is 0 Å². The van der Waals surface area contributed by atoms with Gasteiger partial charge in [-0.2, -0.15) is 0 Å². The molecule has 24 heavy (non-hydrogen) atoms. The van der Waals surface area contributed by atoms with Crippen LogP contribution in [0.4, 0.5) is 5.82 Å². The number of aromatic nitrogens is 2. The summed E-state index contributed by atoms with van der Waals surface area (Å²) >= 11 is 6.13. The highest BCUT2D eigenvalue weighted by Gasteiger charge is 2.07. The smallest absolute Gasteiger partial charge is 0.297 e. The zero-order valence-electron chi connectivity index (χ0n) is 13.1. The number of ether oxygens (including phenoxy) is 1. The highest BCUT2D eigenvalue weighted by molar-refractivity contribution is 6.31. The lowest BCUT2D eigenvalue weighted by molar-refractivity contribution is 0.414. The Hall–Kier alpha value is -2.79. The van der Waals surface area contributed by atoms with Crippen molar-refractivity contribution in [3.63, 3.8) is 0 Å². The van der Waals surface area contributed by atoms with Crippen LogP contribution < -0.4 is 15.6 Å². The number of hydrogen-bond donors (Lipinski definition) is 1. The van der Waals surface area contributed by atoms with Crippen LogP contribution in [0.2, 0.25) is 5.02 Å². The zero-order chi connectivity index (χ0) is 16.9. The second-order valence-electron chi connectivity index (χ2n) is 5.09. The number of anilines is 1. The van der Waals surface area contributed by atoms with Crippen molar-refractivity contribution < 1.29 is 4.74 Å². The van der Waals surface area contributed by atoms with Gasteiger partial charge in [-0.3, -0.25) is 9.36 Å². The number of benzene rings is 2. The Bertz CT molecular complexity index is 891. The Morgan fingerprint density at radius 1 is 1.17 bits per heavy atom. The second kappa shape index (κ2) is 7.19. The van der Waals surface area contributed by atoms with E-state index in [4.69, 9.17) is 16.3 Å². The molecule has 0 unspecified atom stereocenters. The van der Waals surface area contributed by atoms with E-state index in [2.05, 4.69) is 10.3 Å². The van der Waals surface area contributed by atoms with Gasteiger partial charge >= 0.3 is 0 Å². The highest BCUT2D eigenvalue weighted by atomic mass is 35.5. The Morgan fingerprint density at radius 2 is 1.92 bits per heavy atom. The van der Waals surface area contributed by atoms with Gasteiger partial charge in [0.15, 0.2) is 5.82 Å². The summed E-state index contributed by atoms with van der Waals surface area (Å²) in [5.74, 6) is 1.01. The van der Waals surface area contributed by atoms with E-state index in [0.717, 1.165) is 17.0 Å². The van der Waals surface area contributed by atoms with Crippen molar-refractivity contribution in [2.24, 2.45) is 0 Å². The number of nitrogens with zero attached hydrogens (tertiary/aromatic N) is 2. The molecule has 0 fully saturated rings. The SMILES string of the molecule is COc1ccc(-n2ccnc(NCc3ccccc3Cl)c2=O)cc1. The molecule has 0 aliphatic carbocycles. The molecule has 0 aliphatic rings. The van der Waals surface area contributed by atoms with Gasteiger partial charge < -0.3 is 10.1 Å². The van der Waals surface area contributed by atoms with Crippen molar-refractivity contribution in [1.82, 2.24) is 9.55 Å². The van der Waals surface area contributed by atoms with Gasteiger partial charge in [0.2, 0.25) is 0 Å². The second-order valence-corrected chi connectivity index (χ2v) is 5.50. The van der Waals surface area contributed by atoms with Gasteiger partial charge in [-0.05, 0) is 35.9 Å². The summed E-state index contributed by atoms with van der Waals surface area (Å²) in [6.45, 7) is 0.425. The molecule has 1 heterocycles. The van der Waals surface area contributed by atoms with Crippen LogP contribution in [-0.4, -0.2) is 16.7 Å². The summed E-state index contributed by atoms with van der Waals surface area (Å²) in [6, 6.07) is 14.7. The minimum absolute atomic E-state index is 0.227. The number of halogens is 1. The monoisotopic (exact) mass is 341 g/mol. The van der Waals surface area contributed by atoms with Crippen molar-refractivity contribution in [2.45, 2.75) is 6.54 Å². The van der Waals surface area contributed by atoms with Gasteiger partial charge in [-0.1, -0.05) is 29.8 Å². The summed E-state index contributed by atoms with van der Waals surface area (Å²) in [4.78, 5) is 16.7. The van der Waals surface area contributed by atoms with Crippen LogP contribution >= 0.6 is 11.6 Å². The average Bonchev–Trinajstić information content (AvgIpc) is 2.62.